The van der Waals surface area contributed by atoms with Crippen LogP contribution in [0.3, 0.4) is 0 Å². The average molecular weight is 687 g/mol. The fourth-order valence-corrected chi connectivity index (χ4v) is 6.07. The third-order valence-corrected chi connectivity index (χ3v) is 8.53. The minimum atomic E-state index is -0.617. The number of benzene rings is 4. The lowest BCUT2D eigenvalue weighted by Crippen LogP contribution is -2.31. The predicted molar refractivity (Wildman–Crippen MR) is 177 cm³/mol. The van der Waals surface area contributed by atoms with Gasteiger partial charge < -0.3 is 20.1 Å². The lowest BCUT2D eigenvalue weighted by Gasteiger charge is -2.15. The van der Waals surface area contributed by atoms with Gasteiger partial charge in [0.1, 0.15) is 5.70 Å². The summed E-state index contributed by atoms with van der Waals surface area (Å²) < 4.78 is 11.8. The fraction of sp³-hybridized carbons (Fsp3) is 0.118. The molecule has 4 amide bonds. The summed E-state index contributed by atoms with van der Waals surface area (Å²) in [7, 11) is 3.00. The molecule has 11 heteroatoms. The van der Waals surface area contributed by atoms with Gasteiger partial charge in [0.2, 0.25) is 11.8 Å². The van der Waals surface area contributed by atoms with E-state index in [0.29, 0.717) is 38.9 Å². The molecule has 4 aromatic carbocycles. The number of hydrogen-bond acceptors (Lipinski definition) is 7. The van der Waals surface area contributed by atoms with Crippen LogP contribution in [0.4, 0.5) is 11.4 Å². The van der Waals surface area contributed by atoms with Crippen molar-refractivity contribution in [3.63, 3.8) is 0 Å². The van der Waals surface area contributed by atoms with E-state index in [9.17, 15) is 19.2 Å². The number of hydrogen-bond donors (Lipinski definition) is 2. The van der Waals surface area contributed by atoms with Gasteiger partial charge in [-0.25, -0.2) is 4.90 Å². The van der Waals surface area contributed by atoms with Crippen LogP contribution in [-0.2, 0) is 14.4 Å². The monoisotopic (exact) mass is 685 g/mol. The highest BCUT2D eigenvalue weighted by atomic mass is 79.9. The number of methoxy groups -OCH3 is 2. The highest BCUT2D eigenvalue weighted by Gasteiger charge is 2.40. The minimum absolute atomic E-state index is 0.0323. The van der Waals surface area contributed by atoms with Gasteiger partial charge in [-0.05, 0) is 66.7 Å². The summed E-state index contributed by atoms with van der Waals surface area (Å²) in [5.41, 5.74) is 1.81. The topological polar surface area (TPSA) is 114 Å². The van der Waals surface area contributed by atoms with Crippen molar-refractivity contribution in [3.8, 4) is 11.5 Å². The molecule has 9 nitrogen and oxygen atoms in total. The summed E-state index contributed by atoms with van der Waals surface area (Å²) in [6.07, 6.45) is 1.56. The standard InChI is InChI=1S/C34H28BrN3O6S/c1-43-28-13-6-10-22(31(28)44-2)18-27(37-32(40)21-8-4-3-5-9-21)33(41)36-24-11-7-12-26(19-24)45-29-20-30(39)38(34(29)42)25-16-14-23(35)15-17-25/h3-19,29H,20H2,1-2H3,(H,36,41)(H,37,40). The van der Waals surface area contributed by atoms with Gasteiger partial charge in [0.05, 0.1) is 25.2 Å². The first kappa shape index (κ1) is 31.6. The molecule has 228 valence electrons. The van der Waals surface area contributed by atoms with Crippen molar-refractivity contribution in [3.05, 3.63) is 118 Å². The van der Waals surface area contributed by atoms with E-state index in [1.54, 1.807) is 97.1 Å². The van der Waals surface area contributed by atoms with E-state index in [1.807, 2.05) is 0 Å². The number of amides is 4. The highest BCUT2D eigenvalue weighted by Crippen LogP contribution is 2.36. The third kappa shape index (κ3) is 7.44. The number of anilines is 2. The van der Waals surface area contributed by atoms with Gasteiger partial charge >= 0.3 is 0 Å². The molecule has 0 bridgehead atoms. The summed E-state index contributed by atoms with van der Waals surface area (Å²) in [5.74, 6) is -0.777. The molecule has 1 aliphatic heterocycles. The van der Waals surface area contributed by atoms with Crippen LogP contribution in [0.25, 0.3) is 6.08 Å². The molecule has 1 unspecified atom stereocenters. The molecule has 1 aliphatic rings. The predicted octanol–water partition coefficient (Wildman–Crippen LogP) is 6.30. The van der Waals surface area contributed by atoms with E-state index in [-0.39, 0.29) is 23.9 Å². The van der Waals surface area contributed by atoms with Crippen molar-refractivity contribution in [2.24, 2.45) is 0 Å². The van der Waals surface area contributed by atoms with E-state index in [1.165, 1.54) is 37.0 Å². The Bertz CT molecular complexity index is 1780. The fourth-order valence-electron chi connectivity index (χ4n) is 4.69. The Hall–Kier alpha value is -4.87. The Balaban J connectivity index is 1.37. The lowest BCUT2D eigenvalue weighted by molar-refractivity contribution is -0.121. The van der Waals surface area contributed by atoms with E-state index >= 15 is 0 Å². The van der Waals surface area contributed by atoms with Gasteiger partial charge in [-0.3, -0.25) is 19.2 Å². The molecule has 5 rings (SSSR count). The Morgan fingerprint density at radius 1 is 0.911 bits per heavy atom. The Morgan fingerprint density at radius 3 is 2.36 bits per heavy atom. The van der Waals surface area contributed by atoms with Crippen molar-refractivity contribution in [2.45, 2.75) is 16.6 Å². The Morgan fingerprint density at radius 2 is 1.64 bits per heavy atom. The van der Waals surface area contributed by atoms with Gasteiger partial charge in [-0.1, -0.05) is 52.3 Å². The zero-order valence-electron chi connectivity index (χ0n) is 24.3. The zero-order valence-corrected chi connectivity index (χ0v) is 26.7. The number of rotatable bonds is 10. The summed E-state index contributed by atoms with van der Waals surface area (Å²) in [6.45, 7) is 0. The first-order chi connectivity index (χ1) is 21.8. The molecule has 4 aromatic rings. The first-order valence-corrected chi connectivity index (χ1v) is 15.4. The number of para-hydroxylation sites is 1. The van der Waals surface area contributed by atoms with Gasteiger partial charge in [-0.15, -0.1) is 11.8 Å². The smallest absolute Gasteiger partial charge is 0.272 e. The summed E-state index contributed by atoms with van der Waals surface area (Å²) in [6, 6.07) is 27.7. The number of nitrogens with zero attached hydrogens (tertiary/aromatic N) is 1. The number of nitrogens with one attached hydrogen (secondary N) is 2. The third-order valence-electron chi connectivity index (χ3n) is 6.82. The molecule has 0 saturated carbocycles. The lowest BCUT2D eigenvalue weighted by atomic mass is 10.1. The second kappa shape index (κ2) is 14.3. The van der Waals surface area contributed by atoms with Gasteiger partial charge in [0, 0.05) is 32.6 Å². The maximum atomic E-state index is 13.6. The molecule has 0 spiro atoms. The van der Waals surface area contributed by atoms with E-state index in [4.69, 9.17) is 9.47 Å². The quantitative estimate of drug-likeness (QED) is 0.149. The van der Waals surface area contributed by atoms with E-state index in [0.717, 1.165) is 4.47 Å². The van der Waals surface area contributed by atoms with Gasteiger partial charge in [0.25, 0.3) is 11.8 Å². The molecular formula is C34H28BrN3O6S. The molecule has 2 N–H and O–H groups in total. The van der Waals surface area contributed by atoms with Crippen molar-refractivity contribution in [2.75, 3.05) is 24.4 Å². The second-order valence-corrected chi connectivity index (χ2v) is 12.0. The van der Waals surface area contributed by atoms with Crippen LogP contribution in [0, 0.1) is 0 Å². The van der Waals surface area contributed by atoms with Crippen molar-refractivity contribution < 1.29 is 28.7 Å². The van der Waals surface area contributed by atoms with Gasteiger partial charge in [-0.2, -0.15) is 0 Å². The molecule has 0 aromatic heterocycles. The first-order valence-electron chi connectivity index (χ1n) is 13.8. The van der Waals surface area contributed by atoms with Crippen LogP contribution in [0.2, 0.25) is 0 Å². The van der Waals surface area contributed by atoms with E-state index < -0.39 is 17.1 Å². The molecule has 0 radical (unpaired) electrons. The van der Waals surface area contributed by atoms with Crippen molar-refractivity contribution in [1.82, 2.24) is 5.32 Å². The molecule has 45 heavy (non-hydrogen) atoms. The maximum Gasteiger partial charge on any atom is 0.272 e. The number of imide groups is 1. The van der Waals surface area contributed by atoms with E-state index in [2.05, 4.69) is 26.6 Å². The minimum Gasteiger partial charge on any atom is -0.493 e. The number of thioether (sulfide) groups is 1. The highest BCUT2D eigenvalue weighted by molar-refractivity contribution is 9.10. The van der Waals surface area contributed by atoms with Gasteiger partial charge in [0.15, 0.2) is 11.5 Å². The molecule has 1 heterocycles. The average Bonchev–Trinajstić information content (AvgIpc) is 3.33. The van der Waals surface area contributed by atoms with Crippen molar-refractivity contribution >= 4 is 68.8 Å². The molecular weight excluding hydrogens is 658 g/mol. The zero-order chi connectivity index (χ0) is 31.9. The molecule has 1 fully saturated rings. The van der Waals surface area contributed by atoms with Crippen LogP contribution in [-0.4, -0.2) is 43.1 Å². The second-order valence-electron chi connectivity index (χ2n) is 9.80. The largest absolute Gasteiger partial charge is 0.493 e. The Labute approximate surface area is 272 Å². The molecule has 1 saturated heterocycles. The number of halogens is 1. The van der Waals surface area contributed by atoms with Crippen LogP contribution in [0.5, 0.6) is 11.5 Å². The number of ether oxygens (including phenoxy) is 2. The molecule has 0 aliphatic carbocycles. The van der Waals surface area contributed by atoms with Crippen LogP contribution < -0.4 is 25.0 Å². The Kier molecular flexibility index (Phi) is 10.0. The molecule has 1 atom stereocenters. The van der Waals surface area contributed by atoms with Crippen LogP contribution in [0.1, 0.15) is 22.3 Å². The number of carbonyl (C=O) groups excluding carboxylic acids is 4. The van der Waals surface area contributed by atoms with Crippen LogP contribution in [0.15, 0.2) is 112 Å². The maximum absolute atomic E-state index is 13.6. The number of carbonyl (C=O) groups is 4. The SMILES string of the molecule is COc1cccc(C=C(NC(=O)c2ccccc2)C(=O)Nc2cccc(SC3CC(=O)N(c4ccc(Br)cc4)C3=O)c2)c1OC. The van der Waals surface area contributed by atoms with Crippen molar-refractivity contribution in [1.29, 1.82) is 0 Å². The summed E-state index contributed by atoms with van der Waals surface area (Å²) in [4.78, 5) is 54.5. The normalized spacial score (nSPS) is 14.7. The summed E-state index contributed by atoms with van der Waals surface area (Å²) in [5, 5.41) is 4.94. The summed E-state index contributed by atoms with van der Waals surface area (Å²) >= 11 is 4.61. The van der Waals surface area contributed by atoms with Crippen LogP contribution >= 0.6 is 27.7 Å².